The first-order valence-electron chi connectivity index (χ1n) is 9.45. The van der Waals surface area contributed by atoms with Crippen LogP contribution in [0.4, 0.5) is 0 Å². The van der Waals surface area contributed by atoms with Crippen molar-refractivity contribution >= 4 is 23.1 Å². The second kappa shape index (κ2) is 5.09. The number of rotatable bonds is 0. The average Bonchev–Trinajstić information content (AvgIpc) is 3.35. The molecule has 6 aliphatic carbocycles. The van der Waals surface area contributed by atoms with E-state index < -0.39 is 0 Å². The zero-order valence-corrected chi connectivity index (χ0v) is 14.1. The number of carbonyl (C=O) groups excluding carboxylic acids is 4. The van der Waals surface area contributed by atoms with Gasteiger partial charge in [-0.3, -0.25) is 19.2 Å². The standard InChI is InChI=1S/C11H12O2.C10H10O2/c12-9-4-10(13)11(6-9)5-7-1-2-8(11)3-7;11-7-4-8(12)10-6-2-1-5(3-6)9(7)10/h1-2,7-8H,3-6H2;1-2,5-6,9-10H,3-4H2. The second-order valence-corrected chi connectivity index (χ2v) is 8.77. The Morgan fingerprint density at radius 3 is 1.96 bits per heavy atom. The molecular weight excluding hydrogens is 316 g/mol. The van der Waals surface area contributed by atoms with Crippen LogP contribution in [-0.2, 0) is 19.2 Å². The third kappa shape index (κ3) is 2.06. The minimum absolute atomic E-state index is 0.0764. The van der Waals surface area contributed by atoms with E-state index in [4.69, 9.17) is 0 Å². The summed E-state index contributed by atoms with van der Waals surface area (Å²) in [5, 5.41) is 0. The predicted molar refractivity (Wildman–Crippen MR) is 89.4 cm³/mol. The Kier molecular flexibility index (Phi) is 3.14. The van der Waals surface area contributed by atoms with Crippen molar-refractivity contribution in [2.75, 3.05) is 0 Å². The smallest absolute Gasteiger partial charge is 0.147 e. The van der Waals surface area contributed by atoms with Crippen molar-refractivity contribution in [3.05, 3.63) is 24.3 Å². The monoisotopic (exact) mass is 338 g/mol. The molecule has 4 heteroatoms. The van der Waals surface area contributed by atoms with Crippen LogP contribution in [0.25, 0.3) is 0 Å². The summed E-state index contributed by atoms with van der Waals surface area (Å²) in [6.07, 6.45) is 12.7. The summed E-state index contributed by atoms with van der Waals surface area (Å²) in [5.41, 5.74) is -0.240. The van der Waals surface area contributed by atoms with E-state index in [-0.39, 0.29) is 53.2 Å². The lowest BCUT2D eigenvalue weighted by Crippen LogP contribution is -2.30. The van der Waals surface area contributed by atoms with Crippen molar-refractivity contribution < 1.29 is 19.2 Å². The molecule has 0 aliphatic heterocycles. The van der Waals surface area contributed by atoms with Crippen molar-refractivity contribution in [2.24, 2.45) is 40.9 Å². The Hall–Kier alpha value is -1.84. The number of allylic oxidation sites excluding steroid dienone is 4. The maximum Gasteiger partial charge on any atom is 0.147 e. The number of fused-ring (bicyclic) bond motifs is 8. The van der Waals surface area contributed by atoms with Crippen LogP contribution in [0.3, 0.4) is 0 Å². The van der Waals surface area contributed by atoms with E-state index in [1.54, 1.807) is 0 Å². The number of hydrogen-bond acceptors (Lipinski definition) is 4. The molecule has 1 spiro atoms. The first-order valence-corrected chi connectivity index (χ1v) is 9.45. The molecule has 0 amide bonds. The highest BCUT2D eigenvalue weighted by Gasteiger charge is 2.57. The van der Waals surface area contributed by atoms with Gasteiger partial charge in [0.25, 0.3) is 0 Å². The Balaban J connectivity index is 0.000000112. The van der Waals surface area contributed by atoms with Crippen LogP contribution in [0.1, 0.15) is 38.5 Å². The van der Waals surface area contributed by atoms with Gasteiger partial charge in [0.1, 0.15) is 23.1 Å². The molecule has 130 valence electrons. The molecule has 0 radical (unpaired) electrons. The van der Waals surface area contributed by atoms with E-state index >= 15 is 0 Å². The Labute approximate surface area is 146 Å². The van der Waals surface area contributed by atoms with Crippen molar-refractivity contribution in [2.45, 2.75) is 38.5 Å². The van der Waals surface area contributed by atoms with E-state index in [1.165, 1.54) is 0 Å². The quantitative estimate of drug-likeness (QED) is 0.503. The summed E-state index contributed by atoms with van der Waals surface area (Å²) in [5.74, 6) is 2.69. The van der Waals surface area contributed by atoms with E-state index in [2.05, 4.69) is 24.3 Å². The molecule has 0 aromatic rings. The van der Waals surface area contributed by atoms with Crippen LogP contribution in [0.15, 0.2) is 24.3 Å². The fraction of sp³-hybridized carbons (Fsp3) is 0.619. The van der Waals surface area contributed by atoms with Crippen molar-refractivity contribution in [3.8, 4) is 0 Å². The average molecular weight is 338 g/mol. The molecule has 6 rings (SSSR count). The van der Waals surface area contributed by atoms with Gasteiger partial charge in [0.15, 0.2) is 0 Å². The van der Waals surface area contributed by atoms with Crippen LogP contribution < -0.4 is 0 Å². The highest BCUT2D eigenvalue weighted by molar-refractivity contribution is 6.10. The molecule has 4 bridgehead atoms. The molecule has 7 atom stereocenters. The van der Waals surface area contributed by atoms with Gasteiger partial charge in [-0.2, -0.15) is 0 Å². The molecular formula is C21H22O4. The van der Waals surface area contributed by atoms with Gasteiger partial charge in [-0.15, -0.1) is 0 Å². The van der Waals surface area contributed by atoms with Gasteiger partial charge in [-0.25, -0.2) is 0 Å². The van der Waals surface area contributed by atoms with Gasteiger partial charge in [-0.1, -0.05) is 24.3 Å². The summed E-state index contributed by atoms with van der Waals surface area (Å²) in [6.45, 7) is 0. The van der Waals surface area contributed by atoms with E-state index in [1.807, 2.05) is 0 Å². The molecule has 0 heterocycles. The molecule has 4 saturated carbocycles. The summed E-state index contributed by atoms with van der Waals surface area (Å²) in [7, 11) is 0. The molecule has 0 N–H and O–H groups in total. The Bertz CT molecular complexity index is 732. The maximum atomic E-state index is 11.7. The Morgan fingerprint density at radius 1 is 0.800 bits per heavy atom. The molecule has 0 aromatic heterocycles. The highest BCUT2D eigenvalue weighted by Crippen LogP contribution is 2.57. The molecule has 7 unspecified atom stereocenters. The molecule has 6 aliphatic rings. The molecule has 0 saturated heterocycles. The van der Waals surface area contributed by atoms with Crippen molar-refractivity contribution in [3.63, 3.8) is 0 Å². The molecule has 0 aromatic carbocycles. The fourth-order valence-corrected chi connectivity index (χ4v) is 6.45. The number of carbonyl (C=O) groups is 4. The summed E-state index contributed by atoms with van der Waals surface area (Å²) >= 11 is 0. The van der Waals surface area contributed by atoms with Gasteiger partial charge in [0.2, 0.25) is 0 Å². The lowest BCUT2D eigenvalue weighted by atomic mass is 9.74. The third-order valence-corrected chi connectivity index (χ3v) is 7.49. The van der Waals surface area contributed by atoms with Gasteiger partial charge in [0, 0.05) is 23.7 Å². The number of Topliss-reactive ketones (excluding diaryl/α,β-unsaturated/α-hetero) is 4. The van der Waals surface area contributed by atoms with Crippen LogP contribution in [-0.4, -0.2) is 23.1 Å². The van der Waals surface area contributed by atoms with E-state index in [0.717, 1.165) is 19.3 Å². The first kappa shape index (κ1) is 15.4. The minimum atomic E-state index is -0.240. The third-order valence-electron chi connectivity index (χ3n) is 7.49. The topological polar surface area (TPSA) is 68.3 Å². The number of ketones is 4. The molecule has 4 nitrogen and oxygen atoms in total. The van der Waals surface area contributed by atoms with E-state index in [9.17, 15) is 19.2 Å². The van der Waals surface area contributed by atoms with Crippen molar-refractivity contribution in [1.82, 2.24) is 0 Å². The van der Waals surface area contributed by atoms with Gasteiger partial charge in [0.05, 0.1) is 12.8 Å². The molecule has 4 fully saturated rings. The maximum absolute atomic E-state index is 11.7. The van der Waals surface area contributed by atoms with Crippen LogP contribution in [0, 0.1) is 40.9 Å². The largest absolute Gasteiger partial charge is 0.299 e. The zero-order chi connectivity index (χ0) is 17.3. The van der Waals surface area contributed by atoms with Gasteiger partial charge in [-0.05, 0) is 42.9 Å². The van der Waals surface area contributed by atoms with Crippen LogP contribution in [0.5, 0.6) is 0 Å². The zero-order valence-electron chi connectivity index (χ0n) is 14.1. The normalized spacial score (nSPS) is 48.0. The molecule has 25 heavy (non-hydrogen) atoms. The first-order chi connectivity index (χ1) is 12.0. The van der Waals surface area contributed by atoms with Crippen molar-refractivity contribution in [1.29, 1.82) is 0 Å². The van der Waals surface area contributed by atoms with E-state index in [0.29, 0.717) is 30.1 Å². The summed E-state index contributed by atoms with van der Waals surface area (Å²) in [6, 6.07) is 0. The summed E-state index contributed by atoms with van der Waals surface area (Å²) < 4.78 is 0. The lowest BCUT2D eigenvalue weighted by Gasteiger charge is -2.27. The highest BCUT2D eigenvalue weighted by atomic mass is 16.2. The lowest BCUT2D eigenvalue weighted by molar-refractivity contribution is -0.127. The summed E-state index contributed by atoms with van der Waals surface area (Å²) in [4.78, 5) is 45.8. The SMILES string of the molecule is O=C1CC(=O)C2(C1)CC1C=CC2C1.O=C1CC(=O)C2C3C=CC(C3)C12. The number of hydrogen-bond donors (Lipinski definition) is 0. The van der Waals surface area contributed by atoms with Crippen LogP contribution >= 0.6 is 0 Å². The predicted octanol–water partition coefficient (Wildman–Crippen LogP) is 2.47. The minimum Gasteiger partial charge on any atom is -0.299 e. The Morgan fingerprint density at radius 2 is 1.48 bits per heavy atom. The van der Waals surface area contributed by atoms with Crippen LogP contribution in [0.2, 0.25) is 0 Å². The van der Waals surface area contributed by atoms with Gasteiger partial charge >= 0.3 is 0 Å². The van der Waals surface area contributed by atoms with Gasteiger partial charge < -0.3 is 0 Å². The fourth-order valence-electron chi connectivity index (χ4n) is 6.45. The second-order valence-electron chi connectivity index (χ2n) is 8.77.